The van der Waals surface area contributed by atoms with E-state index in [1.54, 1.807) is 57.2 Å². The highest BCUT2D eigenvalue weighted by molar-refractivity contribution is 6.30. The molecule has 8 heteroatoms. The van der Waals surface area contributed by atoms with Crippen LogP contribution in [0.5, 0.6) is 5.75 Å². The molecular formula is C20H24ClN3O4. The lowest BCUT2D eigenvalue weighted by atomic mass is 10.1. The fourth-order valence-electron chi connectivity index (χ4n) is 2.28. The van der Waals surface area contributed by atoms with Gasteiger partial charge in [-0.3, -0.25) is 15.6 Å². The number of phenolic OH excluding ortho intramolecular Hbond substituents is 1. The normalized spacial score (nSPS) is 12.0. The van der Waals surface area contributed by atoms with E-state index in [9.17, 15) is 14.7 Å². The van der Waals surface area contributed by atoms with E-state index in [4.69, 9.17) is 16.3 Å². The van der Waals surface area contributed by atoms with Gasteiger partial charge in [0, 0.05) is 11.4 Å². The Hall–Kier alpha value is -2.93. The third-order valence-electron chi connectivity index (χ3n) is 3.56. The summed E-state index contributed by atoms with van der Waals surface area (Å²) in [4.78, 5) is 24.8. The maximum atomic E-state index is 12.6. The fourth-order valence-corrected chi connectivity index (χ4v) is 2.41. The van der Waals surface area contributed by atoms with Gasteiger partial charge in [-0.1, -0.05) is 23.7 Å². The summed E-state index contributed by atoms with van der Waals surface area (Å²) in [6, 6.07) is 12.3. The molecule has 28 heavy (non-hydrogen) atoms. The summed E-state index contributed by atoms with van der Waals surface area (Å²) in [7, 11) is 0. The number of benzene rings is 2. The number of aromatic hydroxyl groups is 1. The molecule has 0 saturated heterocycles. The highest BCUT2D eigenvalue weighted by Crippen LogP contribution is 2.14. The minimum Gasteiger partial charge on any atom is -0.508 e. The number of hydrazine groups is 1. The molecule has 0 radical (unpaired) electrons. The average Bonchev–Trinajstić information content (AvgIpc) is 2.60. The smallest absolute Gasteiger partial charge is 0.408 e. The number of alkyl carbamates (subject to hydrolysis) is 1. The SMILES string of the molecule is CC(C)(C)OC(=O)NC(Cc1ccc(O)cc1)C(=O)NNc1ccc(Cl)cc1. The Labute approximate surface area is 169 Å². The van der Waals surface area contributed by atoms with Crippen molar-refractivity contribution in [3.05, 3.63) is 59.1 Å². The molecule has 0 saturated carbocycles. The second-order valence-corrected chi connectivity index (χ2v) is 7.63. The molecule has 0 aliphatic carbocycles. The van der Waals surface area contributed by atoms with Crippen molar-refractivity contribution in [3.8, 4) is 5.75 Å². The van der Waals surface area contributed by atoms with Gasteiger partial charge in [-0.15, -0.1) is 0 Å². The van der Waals surface area contributed by atoms with Gasteiger partial charge in [-0.2, -0.15) is 0 Å². The number of carbonyl (C=O) groups excluding carboxylic acids is 2. The molecule has 2 amide bonds. The molecule has 4 N–H and O–H groups in total. The molecule has 150 valence electrons. The number of carbonyl (C=O) groups is 2. The summed E-state index contributed by atoms with van der Waals surface area (Å²) in [5.74, 6) is -0.330. The van der Waals surface area contributed by atoms with Gasteiger partial charge < -0.3 is 15.2 Å². The van der Waals surface area contributed by atoms with Crippen LogP contribution in [0.15, 0.2) is 48.5 Å². The number of halogens is 1. The van der Waals surface area contributed by atoms with Crippen LogP contribution in [-0.2, 0) is 16.0 Å². The van der Waals surface area contributed by atoms with Crippen molar-refractivity contribution < 1.29 is 19.4 Å². The Morgan fingerprint density at radius 2 is 1.68 bits per heavy atom. The third kappa shape index (κ3) is 7.36. The Morgan fingerprint density at radius 1 is 1.07 bits per heavy atom. The van der Waals surface area contributed by atoms with E-state index in [2.05, 4.69) is 16.2 Å². The molecule has 1 unspecified atom stereocenters. The number of amides is 2. The highest BCUT2D eigenvalue weighted by atomic mass is 35.5. The second-order valence-electron chi connectivity index (χ2n) is 7.19. The molecule has 2 aromatic rings. The van der Waals surface area contributed by atoms with E-state index in [0.717, 1.165) is 5.56 Å². The Morgan fingerprint density at radius 3 is 2.25 bits per heavy atom. The van der Waals surface area contributed by atoms with E-state index in [-0.39, 0.29) is 12.2 Å². The lowest BCUT2D eigenvalue weighted by Gasteiger charge is -2.23. The topological polar surface area (TPSA) is 99.7 Å². The molecule has 1 atom stereocenters. The molecule has 2 aromatic carbocycles. The standard InChI is InChI=1S/C20H24ClN3O4/c1-20(2,3)28-19(27)22-17(12-13-4-10-16(25)11-5-13)18(26)24-23-15-8-6-14(21)7-9-15/h4-11,17,23,25H,12H2,1-3H3,(H,22,27)(H,24,26). The van der Waals surface area contributed by atoms with E-state index in [1.165, 1.54) is 12.1 Å². The van der Waals surface area contributed by atoms with Gasteiger partial charge in [0.15, 0.2) is 0 Å². The number of rotatable bonds is 6. The van der Waals surface area contributed by atoms with Crippen LogP contribution >= 0.6 is 11.6 Å². The number of ether oxygens (including phenoxy) is 1. The van der Waals surface area contributed by atoms with Crippen molar-refractivity contribution in [1.82, 2.24) is 10.7 Å². The zero-order valence-corrected chi connectivity index (χ0v) is 16.7. The maximum Gasteiger partial charge on any atom is 0.408 e. The molecule has 7 nitrogen and oxygen atoms in total. The van der Waals surface area contributed by atoms with Crippen molar-refractivity contribution in [1.29, 1.82) is 0 Å². The molecule has 0 spiro atoms. The fraction of sp³-hybridized carbons (Fsp3) is 0.300. The van der Waals surface area contributed by atoms with Gasteiger partial charge >= 0.3 is 6.09 Å². The van der Waals surface area contributed by atoms with Crippen molar-refractivity contribution in [2.75, 3.05) is 5.43 Å². The van der Waals surface area contributed by atoms with Gasteiger partial charge in [-0.05, 0) is 62.7 Å². The summed E-state index contributed by atoms with van der Waals surface area (Å²) in [5, 5.41) is 12.6. The van der Waals surface area contributed by atoms with Crippen molar-refractivity contribution >= 4 is 29.3 Å². The molecular weight excluding hydrogens is 382 g/mol. The summed E-state index contributed by atoms with van der Waals surface area (Å²) in [6.45, 7) is 5.22. The third-order valence-corrected chi connectivity index (χ3v) is 3.81. The molecule has 2 rings (SSSR count). The molecule has 0 aliphatic rings. The number of hydrogen-bond acceptors (Lipinski definition) is 5. The van der Waals surface area contributed by atoms with Crippen molar-refractivity contribution in [2.45, 2.75) is 38.8 Å². The van der Waals surface area contributed by atoms with Crippen LogP contribution in [0.1, 0.15) is 26.3 Å². The number of hydrogen-bond donors (Lipinski definition) is 4. The number of phenols is 1. The van der Waals surface area contributed by atoms with Crippen LogP contribution in [0.25, 0.3) is 0 Å². The summed E-state index contributed by atoms with van der Waals surface area (Å²) in [6.07, 6.45) is -0.480. The maximum absolute atomic E-state index is 12.6. The first-order valence-electron chi connectivity index (χ1n) is 8.71. The van der Waals surface area contributed by atoms with Gasteiger partial charge in [0.1, 0.15) is 17.4 Å². The van der Waals surface area contributed by atoms with E-state index in [1.807, 2.05) is 0 Å². The van der Waals surface area contributed by atoms with E-state index in [0.29, 0.717) is 10.7 Å². The van der Waals surface area contributed by atoms with Crippen LogP contribution in [0, 0.1) is 0 Å². The van der Waals surface area contributed by atoms with Crippen molar-refractivity contribution in [3.63, 3.8) is 0 Å². The largest absolute Gasteiger partial charge is 0.508 e. The van der Waals surface area contributed by atoms with Gasteiger partial charge in [-0.25, -0.2) is 4.79 Å². The first-order valence-corrected chi connectivity index (χ1v) is 9.09. The summed E-state index contributed by atoms with van der Waals surface area (Å²) >= 11 is 5.84. The predicted molar refractivity (Wildman–Crippen MR) is 108 cm³/mol. The molecule has 0 heterocycles. The minimum atomic E-state index is -0.890. The zero-order valence-electron chi connectivity index (χ0n) is 16.0. The molecule has 0 aromatic heterocycles. The van der Waals surface area contributed by atoms with Gasteiger partial charge in [0.25, 0.3) is 5.91 Å². The van der Waals surface area contributed by atoms with E-state index >= 15 is 0 Å². The second kappa shape index (κ2) is 9.32. The lowest BCUT2D eigenvalue weighted by Crippen LogP contribution is -2.50. The van der Waals surface area contributed by atoms with Crippen LogP contribution in [0.2, 0.25) is 5.02 Å². The Bertz CT molecular complexity index is 802. The highest BCUT2D eigenvalue weighted by Gasteiger charge is 2.24. The van der Waals surface area contributed by atoms with Gasteiger partial charge in [0.05, 0.1) is 5.69 Å². The zero-order chi connectivity index (χ0) is 20.7. The summed E-state index contributed by atoms with van der Waals surface area (Å²) < 4.78 is 5.25. The first kappa shape index (κ1) is 21.4. The Balaban J connectivity index is 2.06. The molecule has 0 bridgehead atoms. The van der Waals surface area contributed by atoms with Crippen LogP contribution in [-0.4, -0.2) is 28.7 Å². The minimum absolute atomic E-state index is 0.120. The van der Waals surface area contributed by atoms with Crippen LogP contribution < -0.4 is 16.2 Å². The molecule has 0 fully saturated rings. The predicted octanol–water partition coefficient (Wildman–Crippen LogP) is 3.62. The number of nitrogens with one attached hydrogen (secondary N) is 3. The molecule has 0 aliphatic heterocycles. The monoisotopic (exact) mass is 405 g/mol. The quantitative estimate of drug-likeness (QED) is 0.550. The average molecular weight is 406 g/mol. The summed E-state index contributed by atoms with van der Waals surface area (Å²) in [5.41, 5.74) is 6.06. The van der Waals surface area contributed by atoms with Gasteiger partial charge in [0.2, 0.25) is 0 Å². The first-order chi connectivity index (χ1) is 13.1. The van der Waals surface area contributed by atoms with Crippen LogP contribution in [0.3, 0.4) is 0 Å². The lowest BCUT2D eigenvalue weighted by molar-refractivity contribution is -0.122. The van der Waals surface area contributed by atoms with E-state index < -0.39 is 23.6 Å². The Kier molecular flexibility index (Phi) is 7.12. The van der Waals surface area contributed by atoms with Crippen molar-refractivity contribution in [2.24, 2.45) is 0 Å². The van der Waals surface area contributed by atoms with Crippen LogP contribution in [0.4, 0.5) is 10.5 Å². The number of anilines is 1.